The first-order valence-electron chi connectivity index (χ1n) is 6.06. The first-order chi connectivity index (χ1) is 8.09. The first kappa shape index (κ1) is 12.1. The molecule has 0 amide bonds. The van der Waals surface area contributed by atoms with Gasteiger partial charge in [-0.25, -0.2) is 4.79 Å². The minimum Gasteiger partial charge on any atom is -0.316 e. The standard InChI is InChI=1S/C12H19N3O2/c1-14-8-10(11(16)15(2)12(14)17)6-9-4-3-5-13-7-9/h8-9,13H,3-7H2,1-2H3. The van der Waals surface area contributed by atoms with Gasteiger partial charge in [0.1, 0.15) is 0 Å². The van der Waals surface area contributed by atoms with E-state index in [0.29, 0.717) is 5.92 Å². The van der Waals surface area contributed by atoms with Crippen molar-refractivity contribution in [2.45, 2.75) is 19.3 Å². The van der Waals surface area contributed by atoms with Gasteiger partial charge in [-0.05, 0) is 38.3 Å². The van der Waals surface area contributed by atoms with Crippen LogP contribution in [0.5, 0.6) is 0 Å². The quantitative estimate of drug-likeness (QED) is 0.763. The second kappa shape index (κ2) is 4.87. The van der Waals surface area contributed by atoms with Crippen LogP contribution >= 0.6 is 0 Å². The zero-order valence-electron chi connectivity index (χ0n) is 10.4. The molecule has 1 aromatic heterocycles. The van der Waals surface area contributed by atoms with Crippen molar-refractivity contribution in [1.29, 1.82) is 0 Å². The van der Waals surface area contributed by atoms with E-state index in [1.54, 1.807) is 13.2 Å². The Morgan fingerprint density at radius 2 is 2.18 bits per heavy atom. The van der Waals surface area contributed by atoms with Crippen LogP contribution in [0.2, 0.25) is 0 Å². The minimum absolute atomic E-state index is 0.154. The van der Waals surface area contributed by atoms with Gasteiger partial charge in [0.05, 0.1) is 0 Å². The number of aromatic nitrogens is 2. The van der Waals surface area contributed by atoms with Crippen molar-refractivity contribution in [3.8, 4) is 0 Å². The molecule has 17 heavy (non-hydrogen) atoms. The monoisotopic (exact) mass is 237 g/mol. The number of nitrogens with zero attached hydrogens (tertiary/aromatic N) is 2. The van der Waals surface area contributed by atoms with Gasteiger partial charge in [-0.3, -0.25) is 9.36 Å². The van der Waals surface area contributed by atoms with E-state index < -0.39 is 0 Å². The molecule has 94 valence electrons. The van der Waals surface area contributed by atoms with E-state index in [1.165, 1.54) is 16.2 Å². The molecule has 1 aliphatic heterocycles. The summed E-state index contributed by atoms with van der Waals surface area (Å²) in [5, 5.41) is 3.34. The molecule has 5 nitrogen and oxygen atoms in total. The molecule has 1 saturated heterocycles. The maximum atomic E-state index is 11.9. The molecule has 1 aromatic rings. The van der Waals surface area contributed by atoms with Gasteiger partial charge in [-0.1, -0.05) is 0 Å². The van der Waals surface area contributed by atoms with Crippen LogP contribution in [0.25, 0.3) is 0 Å². The third-order valence-corrected chi connectivity index (χ3v) is 3.43. The molecule has 1 unspecified atom stereocenters. The van der Waals surface area contributed by atoms with E-state index >= 15 is 0 Å². The number of aryl methyl sites for hydroxylation is 1. The summed E-state index contributed by atoms with van der Waals surface area (Å²) in [4.78, 5) is 23.5. The summed E-state index contributed by atoms with van der Waals surface area (Å²) in [6.07, 6.45) is 4.75. The summed E-state index contributed by atoms with van der Waals surface area (Å²) in [6, 6.07) is 0. The fourth-order valence-electron chi connectivity index (χ4n) is 2.43. The van der Waals surface area contributed by atoms with E-state index in [2.05, 4.69) is 5.32 Å². The average Bonchev–Trinajstić information content (AvgIpc) is 2.35. The molecule has 0 spiro atoms. The zero-order valence-corrected chi connectivity index (χ0v) is 10.4. The average molecular weight is 237 g/mol. The van der Waals surface area contributed by atoms with Gasteiger partial charge >= 0.3 is 5.69 Å². The van der Waals surface area contributed by atoms with Crippen LogP contribution in [-0.4, -0.2) is 22.2 Å². The van der Waals surface area contributed by atoms with Crippen LogP contribution in [0.15, 0.2) is 15.8 Å². The van der Waals surface area contributed by atoms with Crippen molar-refractivity contribution in [3.05, 3.63) is 32.6 Å². The minimum atomic E-state index is -0.263. The Morgan fingerprint density at radius 3 is 2.82 bits per heavy atom. The molecular weight excluding hydrogens is 218 g/mol. The van der Waals surface area contributed by atoms with Gasteiger partial charge < -0.3 is 9.88 Å². The zero-order chi connectivity index (χ0) is 12.4. The van der Waals surface area contributed by atoms with Crippen LogP contribution in [0.3, 0.4) is 0 Å². The molecule has 0 saturated carbocycles. The summed E-state index contributed by atoms with van der Waals surface area (Å²) >= 11 is 0. The Bertz CT molecular complexity index is 509. The molecule has 5 heteroatoms. The normalized spacial score (nSPS) is 20.5. The lowest BCUT2D eigenvalue weighted by Crippen LogP contribution is -2.40. The second-order valence-corrected chi connectivity index (χ2v) is 4.83. The number of hydrogen-bond donors (Lipinski definition) is 1. The molecular formula is C12H19N3O2. The van der Waals surface area contributed by atoms with Gasteiger partial charge in [0, 0.05) is 25.9 Å². The smallest absolute Gasteiger partial charge is 0.316 e. The highest BCUT2D eigenvalue weighted by atomic mass is 16.2. The van der Waals surface area contributed by atoms with Crippen LogP contribution < -0.4 is 16.6 Å². The van der Waals surface area contributed by atoms with Gasteiger partial charge in [-0.2, -0.15) is 0 Å². The van der Waals surface area contributed by atoms with Gasteiger partial charge in [0.15, 0.2) is 0 Å². The first-order valence-corrected chi connectivity index (χ1v) is 6.06. The van der Waals surface area contributed by atoms with Crippen molar-refractivity contribution in [2.75, 3.05) is 13.1 Å². The molecule has 0 aliphatic carbocycles. The second-order valence-electron chi connectivity index (χ2n) is 4.83. The molecule has 2 rings (SSSR count). The lowest BCUT2D eigenvalue weighted by Gasteiger charge is -2.22. The maximum Gasteiger partial charge on any atom is 0.330 e. The Kier molecular flexibility index (Phi) is 3.47. The molecule has 0 aromatic carbocycles. The fourth-order valence-corrected chi connectivity index (χ4v) is 2.43. The van der Waals surface area contributed by atoms with Crippen molar-refractivity contribution < 1.29 is 0 Å². The molecule has 1 atom stereocenters. The molecule has 0 radical (unpaired) electrons. The molecule has 1 fully saturated rings. The van der Waals surface area contributed by atoms with Crippen LogP contribution in [0, 0.1) is 5.92 Å². The van der Waals surface area contributed by atoms with E-state index in [1.807, 2.05) is 0 Å². The maximum absolute atomic E-state index is 11.9. The van der Waals surface area contributed by atoms with E-state index in [0.717, 1.165) is 37.9 Å². The van der Waals surface area contributed by atoms with Gasteiger partial charge in [0.25, 0.3) is 5.56 Å². The molecule has 0 bridgehead atoms. The van der Waals surface area contributed by atoms with Crippen LogP contribution in [-0.2, 0) is 20.5 Å². The Labute approximate surface area is 100 Å². The lowest BCUT2D eigenvalue weighted by molar-refractivity contribution is 0.373. The fraction of sp³-hybridized carbons (Fsp3) is 0.667. The van der Waals surface area contributed by atoms with Crippen molar-refractivity contribution in [3.63, 3.8) is 0 Å². The molecule has 1 N–H and O–H groups in total. The van der Waals surface area contributed by atoms with Crippen molar-refractivity contribution in [1.82, 2.24) is 14.5 Å². The third kappa shape index (κ3) is 2.49. The van der Waals surface area contributed by atoms with Gasteiger partial charge in [-0.15, -0.1) is 0 Å². The topological polar surface area (TPSA) is 56.0 Å². The highest BCUT2D eigenvalue weighted by molar-refractivity contribution is 5.07. The third-order valence-electron chi connectivity index (χ3n) is 3.43. The highest BCUT2D eigenvalue weighted by Crippen LogP contribution is 2.13. The summed E-state index contributed by atoms with van der Waals surface area (Å²) in [5.41, 5.74) is 0.322. The lowest BCUT2D eigenvalue weighted by atomic mass is 9.93. The number of rotatable bonds is 2. The number of piperidine rings is 1. The predicted octanol–water partition coefficient (Wildman–Crippen LogP) is -0.374. The van der Waals surface area contributed by atoms with Gasteiger partial charge in [0.2, 0.25) is 0 Å². The van der Waals surface area contributed by atoms with Crippen LogP contribution in [0.1, 0.15) is 18.4 Å². The Morgan fingerprint density at radius 1 is 1.41 bits per heavy atom. The summed E-state index contributed by atoms with van der Waals surface area (Å²) in [7, 11) is 3.22. The molecule has 1 aliphatic rings. The molecule has 2 heterocycles. The Hall–Kier alpha value is -1.36. The Balaban J connectivity index is 2.27. The largest absolute Gasteiger partial charge is 0.330 e. The van der Waals surface area contributed by atoms with Crippen LogP contribution in [0.4, 0.5) is 0 Å². The summed E-state index contributed by atoms with van der Waals surface area (Å²) < 4.78 is 2.67. The van der Waals surface area contributed by atoms with E-state index in [-0.39, 0.29) is 11.2 Å². The predicted molar refractivity (Wildman–Crippen MR) is 66.2 cm³/mol. The van der Waals surface area contributed by atoms with Crippen molar-refractivity contribution in [2.24, 2.45) is 20.0 Å². The number of hydrogen-bond acceptors (Lipinski definition) is 3. The van der Waals surface area contributed by atoms with E-state index in [4.69, 9.17) is 0 Å². The SMILES string of the molecule is Cn1cc(CC2CCCNC2)c(=O)n(C)c1=O. The van der Waals surface area contributed by atoms with E-state index in [9.17, 15) is 9.59 Å². The number of nitrogens with one attached hydrogen (secondary N) is 1. The summed E-state index contributed by atoms with van der Waals surface area (Å²) in [5.74, 6) is 0.508. The summed E-state index contributed by atoms with van der Waals surface area (Å²) in [6.45, 7) is 2.04. The highest BCUT2D eigenvalue weighted by Gasteiger charge is 2.16. The van der Waals surface area contributed by atoms with Crippen molar-refractivity contribution >= 4 is 0 Å².